The molecule has 1 aliphatic heterocycles. The third-order valence-corrected chi connectivity index (χ3v) is 7.03. The van der Waals surface area contributed by atoms with Gasteiger partial charge in [0.05, 0.1) is 11.9 Å². The zero-order valence-corrected chi connectivity index (χ0v) is 22.5. The normalized spacial score (nSPS) is 14.8. The van der Waals surface area contributed by atoms with E-state index in [9.17, 15) is 4.39 Å². The molecular weight excluding hydrogens is 481 g/mol. The molecule has 200 valence electrons. The van der Waals surface area contributed by atoms with E-state index in [-0.39, 0.29) is 11.4 Å². The quantitative estimate of drug-likeness (QED) is 0.330. The van der Waals surface area contributed by atoms with Gasteiger partial charge in [0.1, 0.15) is 17.5 Å². The van der Waals surface area contributed by atoms with Crippen LogP contribution in [0.15, 0.2) is 43.0 Å². The van der Waals surface area contributed by atoms with Crippen molar-refractivity contribution in [2.45, 2.75) is 58.5 Å². The van der Waals surface area contributed by atoms with E-state index in [4.69, 9.17) is 10.7 Å². The number of halogens is 1. The summed E-state index contributed by atoms with van der Waals surface area (Å²) in [4.78, 5) is 16.4. The standard InChI is InChI=1S/C28H36FN9/c1-18-13-20(5-6-23(18)29)24-17-38(12-9-32-28(2,3)4)26(35-24)19-7-10-37(11-8-19)27-31-16-22(25(30)36-27)21-14-33-34-15-21/h5-6,13-17,19,32H,7-12H2,1-4H3,(H,33,34)(H2,30,31,36). The van der Waals surface area contributed by atoms with Crippen LogP contribution in [0.4, 0.5) is 16.2 Å². The predicted octanol–water partition coefficient (Wildman–Crippen LogP) is 4.53. The van der Waals surface area contributed by atoms with Crippen molar-refractivity contribution < 1.29 is 4.39 Å². The van der Waals surface area contributed by atoms with E-state index in [1.54, 1.807) is 25.5 Å². The molecule has 10 heteroatoms. The first-order valence-corrected chi connectivity index (χ1v) is 13.1. The maximum absolute atomic E-state index is 13.9. The molecule has 5 rings (SSSR count). The second-order valence-electron chi connectivity index (χ2n) is 11.0. The average Bonchev–Trinajstić information content (AvgIpc) is 3.56. The van der Waals surface area contributed by atoms with Crippen molar-refractivity contribution in [2.75, 3.05) is 30.3 Å². The molecule has 0 unspecified atom stereocenters. The van der Waals surface area contributed by atoms with Crippen LogP contribution in [0.1, 0.15) is 50.9 Å². The van der Waals surface area contributed by atoms with Crippen LogP contribution in [-0.4, -0.2) is 54.9 Å². The molecule has 9 nitrogen and oxygen atoms in total. The maximum atomic E-state index is 13.9. The van der Waals surface area contributed by atoms with E-state index in [1.807, 2.05) is 12.1 Å². The van der Waals surface area contributed by atoms with Gasteiger partial charge < -0.3 is 20.5 Å². The SMILES string of the molecule is Cc1cc(-c2cn(CCNC(C)(C)C)c(C3CCN(c4ncc(-c5cn[nH]c5)c(N)n4)CC3)n2)ccc1F. The number of rotatable bonds is 7. The number of benzene rings is 1. The highest BCUT2D eigenvalue weighted by Gasteiger charge is 2.27. The van der Waals surface area contributed by atoms with Crippen LogP contribution in [0.3, 0.4) is 0 Å². The van der Waals surface area contributed by atoms with Crippen LogP contribution in [0.2, 0.25) is 0 Å². The topological polar surface area (TPSA) is 114 Å². The van der Waals surface area contributed by atoms with Gasteiger partial charge in [-0.05, 0) is 64.3 Å². The second-order valence-corrected chi connectivity index (χ2v) is 11.0. The van der Waals surface area contributed by atoms with Gasteiger partial charge in [0.15, 0.2) is 0 Å². The summed E-state index contributed by atoms with van der Waals surface area (Å²) in [6, 6.07) is 5.20. The van der Waals surface area contributed by atoms with Gasteiger partial charge >= 0.3 is 0 Å². The highest BCUT2D eigenvalue weighted by atomic mass is 19.1. The number of piperidine rings is 1. The largest absolute Gasteiger partial charge is 0.383 e. The van der Waals surface area contributed by atoms with Crippen LogP contribution >= 0.6 is 0 Å². The molecular formula is C28H36FN9. The Hall–Kier alpha value is -3.79. The molecule has 4 aromatic rings. The molecule has 0 amide bonds. The molecule has 4 heterocycles. The lowest BCUT2D eigenvalue weighted by molar-refractivity contribution is 0.402. The number of aromatic nitrogens is 6. The number of nitrogen functional groups attached to an aromatic ring is 1. The Labute approximate surface area is 222 Å². The number of nitrogens with two attached hydrogens (primary N) is 1. The fourth-order valence-corrected chi connectivity index (χ4v) is 4.93. The highest BCUT2D eigenvalue weighted by molar-refractivity contribution is 5.72. The van der Waals surface area contributed by atoms with Crippen molar-refractivity contribution in [1.82, 2.24) is 35.0 Å². The molecule has 1 aromatic carbocycles. The minimum Gasteiger partial charge on any atom is -0.383 e. The van der Waals surface area contributed by atoms with Crippen LogP contribution < -0.4 is 16.0 Å². The van der Waals surface area contributed by atoms with Crippen molar-refractivity contribution in [3.05, 3.63) is 60.2 Å². The van der Waals surface area contributed by atoms with Crippen molar-refractivity contribution in [2.24, 2.45) is 0 Å². The summed E-state index contributed by atoms with van der Waals surface area (Å²) in [6.45, 7) is 11.6. The molecule has 1 saturated heterocycles. The van der Waals surface area contributed by atoms with Crippen molar-refractivity contribution >= 4 is 11.8 Å². The number of aromatic amines is 1. The minimum absolute atomic E-state index is 0.0397. The summed E-state index contributed by atoms with van der Waals surface area (Å²) in [6.07, 6.45) is 9.22. The van der Waals surface area contributed by atoms with E-state index in [2.05, 4.69) is 61.9 Å². The summed E-state index contributed by atoms with van der Waals surface area (Å²) in [5, 5.41) is 10.3. The van der Waals surface area contributed by atoms with Gasteiger partial charge in [0.25, 0.3) is 0 Å². The molecule has 1 fully saturated rings. The van der Waals surface area contributed by atoms with Gasteiger partial charge in [-0.2, -0.15) is 10.1 Å². The van der Waals surface area contributed by atoms with E-state index in [0.29, 0.717) is 23.2 Å². The Morgan fingerprint density at radius 1 is 1.13 bits per heavy atom. The molecule has 0 aliphatic carbocycles. The molecule has 0 saturated carbocycles. The average molecular weight is 518 g/mol. The molecule has 4 N–H and O–H groups in total. The first kappa shape index (κ1) is 25.8. The second kappa shape index (κ2) is 10.5. The third-order valence-electron chi connectivity index (χ3n) is 7.03. The van der Waals surface area contributed by atoms with E-state index in [1.165, 1.54) is 6.07 Å². The lowest BCUT2D eigenvalue weighted by Gasteiger charge is -2.32. The smallest absolute Gasteiger partial charge is 0.227 e. The number of aryl methyl sites for hydroxylation is 1. The van der Waals surface area contributed by atoms with Gasteiger partial charge in [-0.25, -0.2) is 14.4 Å². The van der Waals surface area contributed by atoms with Gasteiger partial charge in [0, 0.05) is 72.9 Å². The number of anilines is 2. The highest BCUT2D eigenvalue weighted by Crippen LogP contribution is 2.32. The van der Waals surface area contributed by atoms with Crippen molar-refractivity contribution in [3.8, 4) is 22.4 Å². The molecule has 1 aliphatic rings. The lowest BCUT2D eigenvalue weighted by Crippen LogP contribution is -2.38. The Kier molecular flexibility index (Phi) is 7.16. The number of imidazole rings is 1. The van der Waals surface area contributed by atoms with Crippen LogP contribution in [0.5, 0.6) is 0 Å². The number of H-pyrrole nitrogens is 1. The first-order chi connectivity index (χ1) is 18.2. The van der Waals surface area contributed by atoms with Gasteiger partial charge in [0.2, 0.25) is 5.95 Å². The van der Waals surface area contributed by atoms with Crippen LogP contribution in [-0.2, 0) is 6.54 Å². The molecule has 38 heavy (non-hydrogen) atoms. The minimum atomic E-state index is -0.198. The fraction of sp³-hybridized carbons (Fsp3) is 0.429. The van der Waals surface area contributed by atoms with Gasteiger partial charge in [-0.3, -0.25) is 5.10 Å². The van der Waals surface area contributed by atoms with Crippen LogP contribution in [0.25, 0.3) is 22.4 Å². The summed E-state index contributed by atoms with van der Waals surface area (Å²) in [7, 11) is 0. The summed E-state index contributed by atoms with van der Waals surface area (Å²) < 4.78 is 16.2. The third kappa shape index (κ3) is 5.70. The van der Waals surface area contributed by atoms with E-state index >= 15 is 0 Å². The Bertz CT molecular complexity index is 1380. The van der Waals surface area contributed by atoms with Gasteiger partial charge in [-0.15, -0.1) is 0 Å². The number of nitrogens with zero attached hydrogens (tertiary/aromatic N) is 6. The van der Waals surface area contributed by atoms with E-state index in [0.717, 1.165) is 67.2 Å². The molecule has 3 aromatic heterocycles. The summed E-state index contributed by atoms with van der Waals surface area (Å²) in [5.41, 5.74) is 10.4. The number of nitrogens with one attached hydrogen (secondary N) is 2. The molecule has 0 bridgehead atoms. The van der Waals surface area contributed by atoms with Crippen molar-refractivity contribution in [1.29, 1.82) is 0 Å². The monoisotopic (exact) mass is 517 g/mol. The fourth-order valence-electron chi connectivity index (χ4n) is 4.93. The zero-order valence-electron chi connectivity index (χ0n) is 22.5. The molecule has 0 atom stereocenters. The molecule has 0 radical (unpaired) electrons. The summed E-state index contributed by atoms with van der Waals surface area (Å²) >= 11 is 0. The molecule has 0 spiro atoms. The van der Waals surface area contributed by atoms with Crippen LogP contribution in [0, 0.1) is 12.7 Å². The van der Waals surface area contributed by atoms with E-state index < -0.39 is 0 Å². The maximum Gasteiger partial charge on any atom is 0.227 e. The Morgan fingerprint density at radius 2 is 1.92 bits per heavy atom. The van der Waals surface area contributed by atoms with Crippen molar-refractivity contribution in [3.63, 3.8) is 0 Å². The Balaban J connectivity index is 1.33. The number of hydrogen-bond donors (Lipinski definition) is 3. The summed E-state index contributed by atoms with van der Waals surface area (Å²) in [5.74, 6) is 2.27. The lowest BCUT2D eigenvalue weighted by atomic mass is 9.96. The van der Waals surface area contributed by atoms with Gasteiger partial charge in [-0.1, -0.05) is 0 Å². The predicted molar refractivity (Wildman–Crippen MR) is 148 cm³/mol. The Morgan fingerprint density at radius 3 is 2.58 bits per heavy atom. The zero-order chi connectivity index (χ0) is 26.9. The number of hydrogen-bond acceptors (Lipinski definition) is 7. The first-order valence-electron chi connectivity index (χ1n) is 13.1.